The van der Waals surface area contributed by atoms with Gasteiger partial charge in [0.1, 0.15) is 11.5 Å². The zero-order valence-corrected chi connectivity index (χ0v) is 32.4. The number of carbonyl (C=O) groups is 2. The second-order valence-corrected chi connectivity index (χ2v) is 14.4. The quantitative estimate of drug-likeness (QED) is 0.229. The van der Waals surface area contributed by atoms with Crippen LogP contribution < -0.4 is 10.2 Å². The number of carbonyl (C=O) groups excluding carboxylic acids is 2. The number of nitrogens with zero attached hydrogens (tertiary/aromatic N) is 2. The SMILES string of the molecule is CC(=O)[O-].CC(=O)[O-].CC(C)CCc1cc(C=NC2CCC(N=Cc3cc(CCC(C)C)cc(C(C)C)c3O)CC2)c(O)c(C(C)C)c1.[Co+2]. The van der Waals surface area contributed by atoms with E-state index in [0.717, 1.165) is 87.5 Å². The van der Waals surface area contributed by atoms with Crippen molar-refractivity contribution in [3.05, 3.63) is 57.6 Å². The molecule has 1 radical (unpaired) electrons. The van der Waals surface area contributed by atoms with Gasteiger partial charge in [0, 0.05) is 35.5 Å². The Kier molecular flexibility index (Phi) is 21.8. The molecular weight excluding hydrogens is 663 g/mol. The number of hydrogen-bond acceptors (Lipinski definition) is 8. The zero-order chi connectivity index (χ0) is 36.6. The fourth-order valence-electron chi connectivity index (χ4n) is 5.49. The summed E-state index contributed by atoms with van der Waals surface area (Å²) in [6.07, 6.45) is 12.1. The van der Waals surface area contributed by atoms with Crippen LogP contribution in [0.5, 0.6) is 11.5 Å². The van der Waals surface area contributed by atoms with Gasteiger partial charge < -0.3 is 30.0 Å². The largest absolute Gasteiger partial charge is 2.00 e. The van der Waals surface area contributed by atoms with Crippen LogP contribution in [0.15, 0.2) is 34.3 Å². The van der Waals surface area contributed by atoms with Crippen LogP contribution in [0.2, 0.25) is 0 Å². The maximum absolute atomic E-state index is 10.9. The van der Waals surface area contributed by atoms with Gasteiger partial charge in [-0.3, -0.25) is 9.98 Å². The maximum atomic E-state index is 10.9. The van der Waals surface area contributed by atoms with E-state index in [0.29, 0.717) is 23.3 Å². The topological polar surface area (TPSA) is 145 Å². The van der Waals surface area contributed by atoms with Crippen molar-refractivity contribution in [1.82, 2.24) is 0 Å². The first kappa shape index (κ1) is 45.8. The smallest absolute Gasteiger partial charge is 0.550 e. The summed E-state index contributed by atoms with van der Waals surface area (Å²) in [5, 5.41) is 39.7. The Bertz CT molecular complexity index is 1250. The van der Waals surface area contributed by atoms with Crippen molar-refractivity contribution in [2.45, 2.75) is 145 Å². The van der Waals surface area contributed by atoms with E-state index >= 15 is 0 Å². The molecule has 0 bridgehead atoms. The van der Waals surface area contributed by atoms with Crippen LogP contribution in [0.25, 0.3) is 0 Å². The molecule has 2 aromatic rings. The molecule has 49 heavy (non-hydrogen) atoms. The first-order chi connectivity index (χ1) is 22.4. The number of hydrogen-bond donors (Lipinski definition) is 2. The minimum absolute atomic E-state index is 0. The third-order valence-electron chi connectivity index (χ3n) is 8.24. The van der Waals surface area contributed by atoms with Crippen molar-refractivity contribution >= 4 is 24.4 Å². The van der Waals surface area contributed by atoms with Crippen LogP contribution in [0.3, 0.4) is 0 Å². The van der Waals surface area contributed by atoms with Gasteiger partial charge in [-0.25, -0.2) is 0 Å². The molecule has 2 aromatic carbocycles. The molecule has 9 heteroatoms. The molecule has 0 aromatic heterocycles. The Balaban J connectivity index is 0.00000230. The first-order valence-electron chi connectivity index (χ1n) is 17.5. The van der Waals surface area contributed by atoms with E-state index < -0.39 is 11.9 Å². The predicted octanol–water partition coefficient (Wildman–Crippen LogP) is 6.88. The normalized spacial score (nSPS) is 16.0. The van der Waals surface area contributed by atoms with Gasteiger partial charge in [-0.05, 0) is 123 Å². The van der Waals surface area contributed by atoms with Crippen LogP contribution in [0.1, 0.15) is 153 Å². The van der Waals surface area contributed by atoms with Crippen LogP contribution in [-0.2, 0) is 39.2 Å². The van der Waals surface area contributed by atoms with E-state index in [9.17, 15) is 10.2 Å². The van der Waals surface area contributed by atoms with E-state index in [1.807, 2.05) is 12.4 Å². The number of rotatable bonds is 12. The molecule has 1 fully saturated rings. The van der Waals surface area contributed by atoms with Crippen LogP contribution in [-0.4, -0.2) is 46.7 Å². The Hall–Kier alpha value is -3.17. The van der Waals surface area contributed by atoms with E-state index in [1.165, 1.54) is 11.1 Å². The van der Waals surface area contributed by atoms with Crippen molar-refractivity contribution in [3.63, 3.8) is 0 Å². The van der Waals surface area contributed by atoms with Gasteiger partial charge in [-0.15, -0.1) is 0 Å². The van der Waals surface area contributed by atoms with Crippen molar-refractivity contribution < 1.29 is 46.8 Å². The predicted molar refractivity (Wildman–Crippen MR) is 193 cm³/mol. The molecule has 0 aliphatic heterocycles. The Morgan fingerprint density at radius 1 is 0.673 bits per heavy atom. The second kappa shape index (κ2) is 23.3. The molecule has 0 heterocycles. The fraction of sp³-hybridized carbons (Fsp3) is 0.600. The maximum Gasteiger partial charge on any atom is 2.00 e. The van der Waals surface area contributed by atoms with E-state index in [1.54, 1.807) is 0 Å². The number of phenolic OH excluding ortho intramolecular Hbond substituents is 2. The summed E-state index contributed by atoms with van der Waals surface area (Å²) in [4.78, 5) is 27.6. The van der Waals surface area contributed by atoms with Crippen molar-refractivity contribution in [2.24, 2.45) is 21.8 Å². The van der Waals surface area contributed by atoms with Crippen molar-refractivity contribution in [2.75, 3.05) is 0 Å². The van der Waals surface area contributed by atoms with Crippen molar-refractivity contribution in [1.29, 1.82) is 0 Å². The molecule has 1 saturated carbocycles. The summed E-state index contributed by atoms with van der Waals surface area (Å²) in [5.74, 6) is 0.434. The molecule has 0 atom stereocenters. The molecule has 2 N–H and O–H groups in total. The summed E-state index contributed by atoms with van der Waals surface area (Å²) >= 11 is 0. The van der Waals surface area contributed by atoms with Crippen LogP contribution in [0.4, 0.5) is 0 Å². The van der Waals surface area contributed by atoms with Gasteiger partial charge in [-0.1, -0.05) is 67.5 Å². The van der Waals surface area contributed by atoms with E-state index in [4.69, 9.17) is 29.8 Å². The average molecular weight is 724 g/mol. The summed E-state index contributed by atoms with van der Waals surface area (Å²) in [5.41, 5.74) is 6.28. The summed E-state index contributed by atoms with van der Waals surface area (Å²) in [6.45, 7) is 19.5. The average Bonchev–Trinajstić information content (AvgIpc) is 2.98. The van der Waals surface area contributed by atoms with Crippen molar-refractivity contribution in [3.8, 4) is 11.5 Å². The Morgan fingerprint density at radius 2 is 0.959 bits per heavy atom. The molecule has 0 saturated heterocycles. The number of benzene rings is 2. The number of aliphatic imine (C=N–C) groups is 2. The monoisotopic (exact) mass is 723 g/mol. The Labute approximate surface area is 305 Å². The summed E-state index contributed by atoms with van der Waals surface area (Å²) < 4.78 is 0. The van der Waals surface area contributed by atoms with Gasteiger partial charge >= 0.3 is 16.8 Å². The van der Waals surface area contributed by atoms with Gasteiger partial charge in [0.05, 0.1) is 12.1 Å². The third kappa shape index (κ3) is 18.4. The Morgan fingerprint density at radius 3 is 1.20 bits per heavy atom. The standard InChI is InChI=1S/C36H54N2O2.2C2H4O2.Co/c1-23(2)9-11-27-17-29(35(39)33(19-27)25(5)6)21-37-31-13-15-32(16-14-31)38-22-30-18-28(12-10-24(3)4)20-34(26(7)8)36(30)40;2*1-2(3)4;/h17-26,31-32,39-40H,9-16H2,1-8H3;2*1H3,(H,3,4);/q;;;+2/p-2. The molecule has 0 spiro atoms. The molecule has 3 rings (SSSR count). The first-order valence-corrected chi connectivity index (χ1v) is 17.5. The zero-order valence-electron chi connectivity index (χ0n) is 31.3. The minimum atomic E-state index is -1.08. The molecule has 0 unspecified atom stereocenters. The summed E-state index contributed by atoms with van der Waals surface area (Å²) in [6, 6.07) is 9.10. The molecule has 1 aliphatic carbocycles. The van der Waals surface area contributed by atoms with Gasteiger partial charge in [0.15, 0.2) is 0 Å². The van der Waals surface area contributed by atoms with Crippen LogP contribution in [0, 0.1) is 11.8 Å². The molecule has 275 valence electrons. The number of aromatic hydroxyl groups is 2. The number of aryl methyl sites for hydroxylation is 2. The molecule has 8 nitrogen and oxygen atoms in total. The number of aliphatic carboxylic acids is 2. The third-order valence-corrected chi connectivity index (χ3v) is 8.24. The van der Waals surface area contributed by atoms with Crippen LogP contribution >= 0.6 is 0 Å². The number of phenols is 2. The van der Waals surface area contributed by atoms with E-state index in [2.05, 4.69) is 79.7 Å². The van der Waals surface area contributed by atoms with Gasteiger partial charge in [0.2, 0.25) is 0 Å². The van der Waals surface area contributed by atoms with E-state index in [-0.39, 0.29) is 40.7 Å². The second-order valence-electron chi connectivity index (χ2n) is 14.4. The summed E-state index contributed by atoms with van der Waals surface area (Å²) in [7, 11) is 0. The molecule has 1 aliphatic rings. The molecule has 0 amide bonds. The van der Waals surface area contributed by atoms with Gasteiger partial charge in [0.25, 0.3) is 0 Å². The number of carboxylic acids is 2. The minimum Gasteiger partial charge on any atom is -0.550 e. The number of carboxylic acid groups (broad SMARTS) is 2. The molecular formula is C40H60CoN2O6. The van der Waals surface area contributed by atoms with Gasteiger partial charge in [-0.2, -0.15) is 0 Å². The fourth-order valence-corrected chi connectivity index (χ4v) is 5.49.